The van der Waals surface area contributed by atoms with Gasteiger partial charge in [-0.3, -0.25) is 4.98 Å². The molecule has 25 heavy (non-hydrogen) atoms. The molecule has 0 spiro atoms. The van der Waals surface area contributed by atoms with Crippen molar-refractivity contribution in [3.8, 4) is 0 Å². The molecule has 0 amide bonds. The van der Waals surface area contributed by atoms with E-state index in [2.05, 4.69) is 4.98 Å². The van der Waals surface area contributed by atoms with Crippen molar-refractivity contribution in [1.82, 2.24) is 4.98 Å². The molecule has 3 rings (SSSR count). The molecule has 0 unspecified atom stereocenters. The van der Waals surface area contributed by atoms with Gasteiger partial charge in [0.2, 0.25) is 0 Å². The van der Waals surface area contributed by atoms with E-state index in [1.807, 2.05) is 0 Å². The highest BCUT2D eigenvalue weighted by Gasteiger charge is 2.45. The van der Waals surface area contributed by atoms with E-state index in [0.717, 1.165) is 12.1 Å². The topological polar surface area (TPSA) is 33.1 Å². The normalized spacial score (nSPS) is 25.3. The molecule has 0 atom stereocenters. The van der Waals surface area contributed by atoms with E-state index in [4.69, 9.17) is 0 Å². The first-order chi connectivity index (χ1) is 11.5. The van der Waals surface area contributed by atoms with Gasteiger partial charge in [-0.25, -0.2) is 0 Å². The van der Waals surface area contributed by atoms with Crippen LogP contribution in [0, 0.1) is 5.92 Å². The summed E-state index contributed by atoms with van der Waals surface area (Å²) in [5.74, 6) is -1.43. The number of pyridine rings is 1. The Morgan fingerprint density at radius 2 is 1.64 bits per heavy atom. The van der Waals surface area contributed by atoms with E-state index in [1.54, 1.807) is 0 Å². The van der Waals surface area contributed by atoms with Crippen molar-refractivity contribution in [2.75, 3.05) is 0 Å². The van der Waals surface area contributed by atoms with E-state index in [-0.39, 0.29) is 31.2 Å². The Balaban J connectivity index is 1.87. The van der Waals surface area contributed by atoms with Crippen molar-refractivity contribution in [2.45, 2.75) is 43.6 Å². The average molecular weight is 363 g/mol. The highest BCUT2D eigenvalue weighted by atomic mass is 19.4. The molecule has 1 aromatic heterocycles. The predicted octanol–water partition coefficient (Wildman–Crippen LogP) is 5.19. The van der Waals surface area contributed by atoms with Gasteiger partial charge >= 0.3 is 12.4 Å². The van der Waals surface area contributed by atoms with Crippen molar-refractivity contribution in [3.05, 3.63) is 41.6 Å². The van der Waals surface area contributed by atoms with Gasteiger partial charge in [0.15, 0.2) is 0 Å². The quantitative estimate of drug-likeness (QED) is 0.707. The number of halogens is 6. The molecule has 2 aromatic rings. The lowest BCUT2D eigenvalue weighted by Crippen LogP contribution is -2.36. The maximum atomic E-state index is 12.8. The molecule has 0 saturated heterocycles. The van der Waals surface area contributed by atoms with Crippen LogP contribution in [0.25, 0.3) is 10.9 Å². The molecule has 1 fully saturated rings. The maximum Gasteiger partial charge on any atom is 0.416 e. The van der Waals surface area contributed by atoms with E-state index in [0.29, 0.717) is 10.9 Å². The van der Waals surface area contributed by atoms with Gasteiger partial charge in [0.25, 0.3) is 0 Å². The van der Waals surface area contributed by atoms with Gasteiger partial charge < -0.3 is 5.11 Å². The van der Waals surface area contributed by atoms with Crippen molar-refractivity contribution >= 4 is 10.9 Å². The first-order valence-electron chi connectivity index (χ1n) is 7.76. The van der Waals surface area contributed by atoms with Gasteiger partial charge in [0, 0.05) is 17.1 Å². The minimum absolute atomic E-state index is 0.0645. The summed E-state index contributed by atoms with van der Waals surface area (Å²) >= 11 is 0. The van der Waals surface area contributed by atoms with Crippen LogP contribution >= 0.6 is 0 Å². The number of rotatable bonds is 1. The highest BCUT2D eigenvalue weighted by molar-refractivity contribution is 5.80. The summed E-state index contributed by atoms with van der Waals surface area (Å²) in [4.78, 5) is 3.96. The summed E-state index contributed by atoms with van der Waals surface area (Å²) in [5.41, 5.74) is -1.82. The lowest BCUT2D eigenvalue weighted by molar-refractivity contribution is -0.193. The summed E-state index contributed by atoms with van der Waals surface area (Å²) in [6.45, 7) is 0. The summed E-state index contributed by atoms with van der Waals surface area (Å²) in [5, 5.41) is 11.1. The summed E-state index contributed by atoms with van der Waals surface area (Å²) in [6.07, 6.45) is -8.03. The zero-order valence-corrected chi connectivity index (χ0v) is 13.0. The smallest absolute Gasteiger partial charge is 0.385 e. The van der Waals surface area contributed by atoms with E-state index in [1.165, 1.54) is 18.3 Å². The third kappa shape index (κ3) is 3.58. The summed E-state index contributed by atoms with van der Waals surface area (Å²) in [7, 11) is 0. The van der Waals surface area contributed by atoms with Crippen LogP contribution in [-0.2, 0) is 11.8 Å². The van der Waals surface area contributed by atoms with Gasteiger partial charge in [-0.05, 0) is 43.9 Å². The third-order valence-corrected chi connectivity index (χ3v) is 4.82. The number of aromatic nitrogens is 1. The zero-order chi connectivity index (χ0) is 18.5. The van der Waals surface area contributed by atoms with Crippen LogP contribution in [0.1, 0.15) is 36.8 Å². The standard InChI is InChI=1S/C17H15F6NO/c18-16(19,20)11-3-5-15(25,6-4-11)13-7-10-1-2-12(17(21,22)23)8-14(10)24-9-13/h1-2,7-9,11,25H,3-6H2. The second-order valence-electron chi connectivity index (χ2n) is 6.48. The molecule has 0 bridgehead atoms. The maximum absolute atomic E-state index is 12.8. The first-order valence-corrected chi connectivity index (χ1v) is 7.76. The van der Waals surface area contributed by atoms with Crippen molar-refractivity contribution in [2.24, 2.45) is 5.92 Å². The van der Waals surface area contributed by atoms with Gasteiger partial charge in [-0.1, -0.05) is 6.07 Å². The molecule has 2 nitrogen and oxygen atoms in total. The molecule has 1 aliphatic carbocycles. The molecule has 8 heteroatoms. The molecule has 0 aliphatic heterocycles. The van der Waals surface area contributed by atoms with Crippen LogP contribution in [0.3, 0.4) is 0 Å². The second kappa shape index (κ2) is 5.86. The van der Waals surface area contributed by atoms with Gasteiger partial charge in [0.05, 0.1) is 22.6 Å². The molecule has 1 N–H and O–H groups in total. The number of benzene rings is 1. The number of hydrogen-bond donors (Lipinski definition) is 1. The Hall–Kier alpha value is -1.83. The lowest BCUT2D eigenvalue weighted by Gasteiger charge is -2.36. The van der Waals surface area contributed by atoms with E-state index in [9.17, 15) is 31.4 Å². The number of alkyl halides is 6. The van der Waals surface area contributed by atoms with Gasteiger partial charge in [0.1, 0.15) is 0 Å². The largest absolute Gasteiger partial charge is 0.416 e. The second-order valence-corrected chi connectivity index (χ2v) is 6.48. The van der Waals surface area contributed by atoms with E-state index >= 15 is 0 Å². The SMILES string of the molecule is OC1(c2cnc3cc(C(F)(F)F)ccc3c2)CCC(C(F)(F)F)CC1. The number of aliphatic hydroxyl groups is 1. The Kier molecular flexibility index (Phi) is 4.21. The van der Waals surface area contributed by atoms with Crippen LogP contribution in [-0.4, -0.2) is 16.3 Å². The van der Waals surface area contributed by atoms with Gasteiger partial charge in [-0.2, -0.15) is 26.3 Å². The highest BCUT2D eigenvalue weighted by Crippen LogP contribution is 2.45. The molecular formula is C17H15F6NO. The fourth-order valence-corrected chi connectivity index (χ4v) is 3.26. The molecule has 1 aliphatic rings. The fraction of sp³-hybridized carbons (Fsp3) is 0.471. The monoisotopic (exact) mass is 363 g/mol. The molecule has 1 heterocycles. The average Bonchev–Trinajstić information content (AvgIpc) is 2.52. The Bertz CT molecular complexity index is 775. The van der Waals surface area contributed by atoms with Crippen LogP contribution < -0.4 is 0 Å². The molecular weight excluding hydrogens is 348 g/mol. The lowest BCUT2D eigenvalue weighted by atomic mass is 9.75. The minimum atomic E-state index is -4.48. The Morgan fingerprint density at radius 3 is 2.20 bits per heavy atom. The molecule has 1 aromatic carbocycles. The van der Waals surface area contributed by atoms with Crippen molar-refractivity contribution < 1.29 is 31.4 Å². The van der Waals surface area contributed by atoms with Crippen LogP contribution in [0.15, 0.2) is 30.5 Å². The molecule has 0 radical (unpaired) electrons. The summed E-state index contributed by atoms with van der Waals surface area (Å²) < 4.78 is 76.4. The van der Waals surface area contributed by atoms with Crippen LogP contribution in [0.2, 0.25) is 0 Å². The van der Waals surface area contributed by atoms with Crippen molar-refractivity contribution in [1.29, 1.82) is 0 Å². The number of hydrogen-bond acceptors (Lipinski definition) is 2. The number of fused-ring (bicyclic) bond motifs is 1. The third-order valence-electron chi connectivity index (χ3n) is 4.82. The van der Waals surface area contributed by atoms with E-state index < -0.39 is 29.4 Å². The van der Waals surface area contributed by atoms with Crippen LogP contribution in [0.5, 0.6) is 0 Å². The Labute approximate surface area is 139 Å². The first kappa shape index (κ1) is 18.0. The minimum Gasteiger partial charge on any atom is -0.385 e. The molecule has 1 saturated carbocycles. The zero-order valence-electron chi connectivity index (χ0n) is 13.0. The number of nitrogens with zero attached hydrogens (tertiary/aromatic N) is 1. The van der Waals surface area contributed by atoms with Gasteiger partial charge in [-0.15, -0.1) is 0 Å². The fourth-order valence-electron chi connectivity index (χ4n) is 3.26. The van der Waals surface area contributed by atoms with Crippen molar-refractivity contribution in [3.63, 3.8) is 0 Å². The predicted molar refractivity (Wildman–Crippen MR) is 78.7 cm³/mol. The summed E-state index contributed by atoms with van der Waals surface area (Å²) in [6, 6.07) is 4.57. The Morgan fingerprint density at radius 1 is 1.00 bits per heavy atom. The molecule has 136 valence electrons. The van der Waals surface area contributed by atoms with Crippen LogP contribution in [0.4, 0.5) is 26.3 Å².